The lowest BCUT2D eigenvalue weighted by Gasteiger charge is -2.08. The Labute approximate surface area is 163 Å². The van der Waals surface area contributed by atoms with Gasteiger partial charge in [0, 0.05) is 11.9 Å². The first kappa shape index (κ1) is 20.3. The van der Waals surface area contributed by atoms with Gasteiger partial charge in [0.1, 0.15) is 5.82 Å². The molecule has 29 heavy (non-hydrogen) atoms. The molecule has 1 N–H and O–H groups in total. The minimum atomic E-state index is -4.72. The number of amides is 1. The quantitative estimate of drug-likeness (QED) is 0.600. The molecule has 12 heteroatoms. The Morgan fingerprint density at radius 2 is 1.83 bits per heavy atom. The highest BCUT2D eigenvalue weighted by Gasteiger charge is 2.26. The topological polar surface area (TPSA) is 120 Å². The van der Waals surface area contributed by atoms with Gasteiger partial charge in [0.2, 0.25) is 9.84 Å². The Kier molecular flexibility index (Phi) is 5.55. The van der Waals surface area contributed by atoms with Crippen molar-refractivity contribution in [3.05, 3.63) is 54.0 Å². The Balaban J connectivity index is 1.59. The van der Waals surface area contributed by atoms with Crippen LogP contribution >= 0.6 is 0 Å². The summed E-state index contributed by atoms with van der Waals surface area (Å²) in [6.45, 7) is 1.11. The molecule has 0 unspecified atom stereocenters. The molecule has 0 aliphatic rings. The molecule has 0 radical (unpaired) electrons. The number of carbonyl (C=O) groups is 2. The summed E-state index contributed by atoms with van der Waals surface area (Å²) < 4.78 is 54.2. The number of benzene rings is 1. The summed E-state index contributed by atoms with van der Waals surface area (Å²) in [5.41, 5.74) is 0.893. The van der Waals surface area contributed by atoms with Crippen LogP contribution in [0.5, 0.6) is 0 Å². The molecule has 3 rings (SSSR count). The number of nitrogens with one attached hydrogen (secondary N) is 1. The van der Waals surface area contributed by atoms with Gasteiger partial charge in [0.15, 0.2) is 12.3 Å². The molecule has 0 atom stereocenters. The Bertz CT molecular complexity index is 1180. The van der Waals surface area contributed by atoms with Gasteiger partial charge in [-0.2, -0.15) is 8.78 Å². The third kappa shape index (κ3) is 4.37. The highest BCUT2D eigenvalue weighted by atomic mass is 32.2. The highest BCUT2D eigenvalue weighted by molar-refractivity contribution is 7.91. The standard InChI is InChI=1S/C17H14F2N4O5S/c1-10-21-22-14-7-2-11(8-23(10)14)16(25)28-9-15(24)20-12-3-5-13(6-4-12)29(26,27)17(18)19/h2-8,17H,9H2,1H3,(H,20,24). The molecule has 1 aromatic carbocycles. The van der Waals surface area contributed by atoms with Crippen LogP contribution in [0.1, 0.15) is 16.2 Å². The van der Waals surface area contributed by atoms with E-state index in [0.29, 0.717) is 11.5 Å². The van der Waals surface area contributed by atoms with Gasteiger partial charge in [-0.05, 0) is 43.3 Å². The molecule has 0 saturated heterocycles. The maximum absolute atomic E-state index is 12.5. The number of alkyl halides is 2. The molecule has 2 heterocycles. The normalized spacial score (nSPS) is 11.6. The molecule has 152 valence electrons. The van der Waals surface area contributed by atoms with Crippen molar-refractivity contribution >= 4 is 33.0 Å². The van der Waals surface area contributed by atoms with Crippen LogP contribution in [0.2, 0.25) is 0 Å². The predicted molar refractivity (Wildman–Crippen MR) is 96.3 cm³/mol. The number of pyridine rings is 1. The van der Waals surface area contributed by atoms with Crippen LogP contribution in [0.25, 0.3) is 5.65 Å². The lowest BCUT2D eigenvalue weighted by Crippen LogP contribution is -2.21. The van der Waals surface area contributed by atoms with Crippen molar-refractivity contribution in [2.24, 2.45) is 0 Å². The van der Waals surface area contributed by atoms with Crippen LogP contribution in [0.4, 0.5) is 14.5 Å². The van der Waals surface area contributed by atoms with E-state index in [1.165, 1.54) is 12.3 Å². The maximum atomic E-state index is 12.5. The zero-order chi connectivity index (χ0) is 21.2. The Morgan fingerprint density at radius 1 is 1.14 bits per heavy atom. The number of rotatable bonds is 6. The number of sulfone groups is 1. The lowest BCUT2D eigenvalue weighted by molar-refractivity contribution is -0.119. The van der Waals surface area contributed by atoms with Crippen LogP contribution in [0, 0.1) is 6.92 Å². The summed E-state index contributed by atoms with van der Waals surface area (Å²) in [5.74, 6) is -4.40. The van der Waals surface area contributed by atoms with Crippen LogP contribution in [0.15, 0.2) is 47.5 Å². The molecule has 0 aliphatic carbocycles. The maximum Gasteiger partial charge on any atom is 0.341 e. The fourth-order valence-electron chi connectivity index (χ4n) is 2.37. The van der Waals surface area contributed by atoms with E-state index in [9.17, 15) is 26.8 Å². The molecule has 1 amide bonds. The number of fused-ring (bicyclic) bond motifs is 1. The second-order valence-corrected chi connectivity index (χ2v) is 7.77. The Hall–Kier alpha value is -3.41. The van der Waals surface area contributed by atoms with Crippen molar-refractivity contribution in [2.45, 2.75) is 17.6 Å². The second-order valence-electron chi connectivity index (χ2n) is 5.85. The minimum Gasteiger partial charge on any atom is -0.452 e. The van der Waals surface area contributed by atoms with E-state index in [0.717, 1.165) is 24.3 Å². The SMILES string of the molecule is Cc1nnc2ccc(C(=O)OCC(=O)Nc3ccc(S(=O)(=O)C(F)F)cc3)cn12. The number of hydrogen-bond donors (Lipinski definition) is 1. The van der Waals surface area contributed by atoms with Gasteiger partial charge in [0.25, 0.3) is 5.91 Å². The smallest absolute Gasteiger partial charge is 0.341 e. The first-order valence-electron chi connectivity index (χ1n) is 8.09. The monoisotopic (exact) mass is 424 g/mol. The van der Waals surface area contributed by atoms with Gasteiger partial charge < -0.3 is 10.1 Å². The number of halogens is 2. The molecule has 0 saturated carbocycles. The minimum absolute atomic E-state index is 0.154. The van der Waals surface area contributed by atoms with Crippen molar-refractivity contribution < 1.29 is 31.5 Å². The van der Waals surface area contributed by atoms with Crippen LogP contribution < -0.4 is 5.32 Å². The van der Waals surface area contributed by atoms with E-state index in [-0.39, 0.29) is 11.3 Å². The molecular formula is C17H14F2N4O5S. The van der Waals surface area contributed by atoms with Crippen molar-refractivity contribution in [2.75, 3.05) is 11.9 Å². The summed E-state index contributed by atoms with van der Waals surface area (Å²) in [6.07, 6.45) is 1.48. The van der Waals surface area contributed by atoms with E-state index in [1.807, 2.05) is 0 Å². The third-order valence-electron chi connectivity index (χ3n) is 3.84. The second kappa shape index (κ2) is 7.91. The summed E-state index contributed by atoms with van der Waals surface area (Å²) in [7, 11) is -4.72. The molecule has 9 nitrogen and oxygen atoms in total. The fraction of sp³-hybridized carbons (Fsp3) is 0.176. The zero-order valence-electron chi connectivity index (χ0n) is 14.9. The van der Waals surface area contributed by atoms with Crippen molar-refractivity contribution in [3.63, 3.8) is 0 Å². The van der Waals surface area contributed by atoms with E-state index in [4.69, 9.17) is 4.74 Å². The first-order chi connectivity index (χ1) is 13.7. The summed E-state index contributed by atoms with van der Waals surface area (Å²) in [5, 5.41) is 10.1. The first-order valence-corrected chi connectivity index (χ1v) is 9.63. The number of anilines is 1. The van der Waals surface area contributed by atoms with Crippen LogP contribution in [-0.4, -0.2) is 47.3 Å². The van der Waals surface area contributed by atoms with E-state index in [1.54, 1.807) is 17.4 Å². The number of esters is 1. The summed E-state index contributed by atoms with van der Waals surface area (Å²) in [4.78, 5) is 23.4. The van der Waals surface area contributed by atoms with Gasteiger partial charge >= 0.3 is 11.7 Å². The highest BCUT2D eigenvalue weighted by Crippen LogP contribution is 2.20. The van der Waals surface area contributed by atoms with Gasteiger partial charge in [-0.3, -0.25) is 9.20 Å². The largest absolute Gasteiger partial charge is 0.452 e. The van der Waals surface area contributed by atoms with Gasteiger partial charge in [-0.1, -0.05) is 0 Å². The Morgan fingerprint density at radius 3 is 2.48 bits per heavy atom. The lowest BCUT2D eigenvalue weighted by atomic mass is 10.3. The van der Waals surface area contributed by atoms with Crippen LogP contribution in [-0.2, 0) is 19.4 Å². The van der Waals surface area contributed by atoms with Crippen molar-refractivity contribution in [1.82, 2.24) is 14.6 Å². The number of aryl methyl sites for hydroxylation is 1. The zero-order valence-corrected chi connectivity index (χ0v) is 15.7. The van der Waals surface area contributed by atoms with E-state index >= 15 is 0 Å². The fourth-order valence-corrected chi connectivity index (χ4v) is 3.09. The molecule has 3 aromatic rings. The molecule has 0 bridgehead atoms. The number of nitrogens with zero attached hydrogens (tertiary/aromatic N) is 3. The van der Waals surface area contributed by atoms with Gasteiger partial charge in [0.05, 0.1) is 10.5 Å². The third-order valence-corrected chi connectivity index (χ3v) is 5.24. The average molecular weight is 424 g/mol. The van der Waals surface area contributed by atoms with E-state index in [2.05, 4.69) is 15.5 Å². The van der Waals surface area contributed by atoms with Crippen molar-refractivity contribution in [1.29, 1.82) is 0 Å². The van der Waals surface area contributed by atoms with Gasteiger partial charge in [-0.25, -0.2) is 13.2 Å². The summed E-state index contributed by atoms with van der Waals surface area (Å²) in [6, 6.07) is 7.24. The van der Waals surface area contributed by atoms with Gasteiger partial charge in [-0.15, -0.1) is 10.2 Å². The summed E-state index contributed by atoms with van der Waals surface area (Å²) >= 11 is 0. The molecule has 2 aromatic heterocycles. The number of aromatic nitrogens is 3. The average Bonchev–Trinajstić information content (AvgIpc) is 3.06. The molecular weight excluding hydrogens is 410 g/mol. The molecule has 0 fully saturated rings. The van der Waals surface area contributed by atoms with E-state index < -0.39 is 39.0 Å². The number of carbonyl (C=O) groups excluding carboxylic acids is 2. The predicted octanol–water partition coefficient (Wildman–Crippen LogP) is 1.83. The van der Waals surface area contributed by atoms with Crippen molar-refractivity contribution in [3.8, 4) is 0 Å². The molecule has 0 aliphatic heterocycles. The molecule has 0 spiro atoms. The number of hydrogen-bond acceptors (Lipinski definition) is 7. The van der Waals surface area contributed by atoms with Crippen LogP contribution in [0.3, 0.4) is 0 Å². The number of ether oxygens (including phenoxy) is 1.